The second-order valence-electron chi connectivity index (χ2n) is 8.90. The molecule has 6 aliphatic carbocycles. The molecule has 3 unspecified atom stereocenters. The molecule has 21 heavy (non-hydrogen) atoms. The zero-order chi connectivity index (χ0) is 14.0. The summed E-state index contributed by atoms with van der Waals surface area (Å²) in [4.78, 5) is 12.5. The third kappa shape index (κ3) is 2.09. The lowest BCUT2D eigenvalue weighted by Gasteiger charge is -2.56. The van der Waals surface area contributed by atoms with Gasteiger partial charge in [0, 0.05) is 5.92 Å². The van der Waals surface area contributed by atoms with Crippen molar-refractivity contribution in [3.8, 4) is 0 Å². The van der Waals surface area contributed by atoms with Gasteiger partial charge in [0.25, 0.3) is 0 Å². The van der Waals surface area contributed by atoms with Gasteiger partial charge in [-0.2, -0.15) is 0 Å². The number of carbonyl (C=O) groups excluding carboxylic acids is 1. The third-order valence-corrected chi connectivity index (χ3v) is 7.19. The van der Waals surface area contributed by atoms with E-state index in [-0.39, 0.29) is 12.1 Å². The number of rotatable bonds is 3. The van der Waals surface area contributed by atoms with Crippen LogP contribution in [-0.2, 0) is 9.53 Å². The predicted molar refractivity (Wildman–Crippen MR) is 80.5 cm³/mol. The molecule has 114 valence electrons. The summed E-state index contributed by atoms with van der Waals surface area (Å²) in [6.45, 7) is 0. The third-order valence-electron chi connectivity index (χ3n) is 7.19. The normalized spacial score (nSPS) is 52.6. The van der Waals surface area contributed by atoms with Crippen LogP contribution in [0.4, 0.5) is 0 Å². The highest BCUT2D eigenvalue weighted by molar-refractivity contribution is 5.70. The van der Waals surface area contributed by atoms with E-state index in [0.29, 0.717) is 23.7 Å². The quantitative estimate of drug-likeness (QED) is 0.577. The van der Waals surface area contributed by atoms with Crippen molar-refractivity contribution in [2.75, 3.05) is 0 Å². The average molecular weight is 286 g/mol. The van der Waals surface area contributed by atoms with E-state index in [9.17, 15) is 4.79 Å². The van der Waals surface area contributed by atoms with Gasteiger partial charge in [0.15, 0.2) is 0 Å². The van der Waals surface area contributed by atoms with Crippen molar-refractivity contribution < 1.29 is 9.53 Å². The van der Waals surface area contributed by atoms with Crippen LogP contribution in [0, 0.1) is 35.0 Å². The molecule has 0 aromatic carbocycles. The topological polar surface area (TPSA) is 26.3 Å². The maximum Gasteiger partial charge on any atom is 0.306 e. The van der Waals surface area contributed by atoms with Crippen LogP contribution in [0.3, 0.4) is 0 Å². The Balaban J connectivity index is 1.25. The summed E-state index contributed by atoms with van der Waals surface area (Å²) in [6.07, 6.45) is 16.1. The van der Waals surface area contributed by atoms with Gasteiger partial charge in [-0.05, 0) is 80.5 Å². The molecule has 3 atom stereocenters. The number of ether oxygens (including phenoxy) is 1. The lowest BCUT2D eigenvalue weighted by molar-refractivity contribution is -0.158. The number of hydrogen-bond donors (Lipinski definition) is 0. The van der Waals surface area contributed by atoms with Crippen molar-refractivity contribution >= 4 is 5.97 Å². The summed E-state index contributed by atoms with van der Waals surface area (Å²) in [6, 6.07) is 0. The van der Waals surface area contributed by atoms with Crippen molar-refractivity contribution in [1.29, 1.82) is 0 Å². The van der Waals surface area contributed by atoms with Gasteiger partial charge in [-0.1, -0.05) is 12.2 Å². The zero-order valence-electron chi connectivity index (χ0n) is 12.8. The molecule has 0 heterocycles. The molecular formula is C19H26O2. The van der Waals surface area contributed by atoms with Gasteiger partial charge in [0.2, 0.25) is 0 Å². The molecule has 6 rings (SSSR count). The zero-order valence-corrected chi connectivity index (χ0v) is 12.8. The largest absolute Gasteiger partial charge is 0.462 e. The maximum absolute atomic E-state index is 12.5. The number of hydrogen-bond acceptors (Lipinski definition) is 2. The van der Waals surface area contributed by atoms with Crippen molar-refractivity contribution in [2.24, 2.45) is 35.0 Å². The first kappa shape index (κ1) is 12.7. The van der Waals surface area contributed by atoms with E-state index in [1.807, 2.05) is 0 Å². The molecule has 0 saturated heterocycles. The lowest BCUT2D eigenvalue weighted by Crippen LogP contribution is -2.47. The SMILES string of the molecule is O=C(CC12CC3CC(CC(C3)C1)C2)OC1CC2C=CC1C2. The van der Waals surface area contributed by atoms with Gasteiger partial charge in [-0.15, -0.1) is 0 Å². The molecule has 5 saturated carbocycles. The Labute approximate surface area is 127 Å². The maximum atomic E-state index is 12.5. The molecular weight excluding hydrogens is 260 g/mol. The molecule has 6 aliphatic rings. The molecule has 0 aromatic heterocycles. The summed E-state index contributed by atoms with van der Waals surface area (Å²) < 4.78 is 5.89. The van der Waals surface area contributed by atoms with Crippen molar-refractivity contribution in [3.05, 3.63) is 12.2 Å². The van der Waals surface area contributed by atoms with Gasteiger partial charge >= 0.3 is 5.97 Å². The van der Waals surface area contributed by atoms with Crippen LogP contribution < -0.4 is 0 Å². The highest BCUT2D eigenvalue weighted by Crippen LogP contribution is 2.61. The number of carbonyl (C=O) groups is 1. The first-order chi connectivity index (χ1) is 10.2. The fourth-order valence-electron chi connectivity index (χ4n) is 6.89. The van der Waals surface area contributed by atoms with Crippen LogP contribution in [0.15, 0.2) is 12.2 Å². The van der Waals surface area contributed by atoms with Crippen LogP contribution in [0.2, 0.25) is 0 Å². The van der Waals surface area contributed by atoms with E-state index in [0.717, 1.165) is 24.2 Å². The van der Waals surface area contributed by atoms with Crippen molar-refractivity contribution in [2.45, 2.75) is 63.9 Å². The van der Waals surface area contributed by atoms with Gasteiger partial charge in [0.1, 0.15) is 6.10 Å². The minimum absolute atomic E-state index is 0.114. The molecule has 0 amide bonds. The van der Waals surface area contributed by atoms with Crippen molar-refractivity contribution in [3.63, 3.8) is 0 Å². The first-order valence-electron chi connectivity index (χ1n) is 9.05. The summed E-state index contributed by atoms with van der Waals surface area (Å²) in [7, 11) is 0. The molecule has 2 nitrogen and oxygen atoms in total. The summed E-state index contributed by atoms with van der Waals surface area (Å²) in [5.41, 5.74) is 0.333. The Morgan fingerprint density at radius 3 is 2.14 bits per heavy atom. The van der Waals surface area contributed by atoms with Gasteiger partial charge in [0.05, 0.1) is 6.42 Å². The Hall–Kier alpha value is -0.790. The monoisotopic (exact) mass is 286 g/mol. The Morgan fingerprint density at radius 1 is 0.952 bits per heavy atom. The van der Waals surface area contributed by atoms with Crippen LogP contribution >= 0.6 is 0 Å². The Bertz CT molecular complexity index is 457. The first-order valence-corrected chi connectivity index (χ1v) is 9.05. The predicted octanol–water partition coefficient (Wildman–Crippen LogP) is 4.10. The van der Waals surface area contributed by atoms with Gasteiger partial charge < -0.3 is 4.74 Å². The molecule has 0 spiro atoms. The number of esters is 1. The molecule has 0 aliphatic heterocycles. The molecule has 6 bridgehead atoms. The van der Waals surface area contributed by atoms with E-state index in [1.54, 1.807) is 0 Å². The highest BCUT2D eigenvalue weighted by atomic mass is 16.5. The average Bonchev–Trinajstić information content (AvgIpc) is 2.98. The van der Waals surface area contributed by atoms with E-state index in [4.69, 9.17) is 4.74 Å². The Kier molecular flexibility index (Phi) is 2.64. The van der Waals surface area contributed by atoms with E-state index in [1.165, 1.54) is 44.9 Å². The van der Waals surface area contributed by atoms with E-state index >= 15 is 0 Å². The fourth-order valence-corrected chi connectivity index (χ4v) is 6.89. The summed E-state index contributed by atoms with van der Waals surface area (Å²) in [5, 5.41) is 0. The van der Waals surface area contributed by atoms with Crippen LogP contribution in [0.5, 0.6) is 0 Å². The lowest BCUT2D eigenvalue weighted by atomic mass is 9.49. The van der Waals surface area contributed by atoms with E-state index < -0.39 is 0 Å². The fraction of sp³-hybridized carbons (Fsp3) is 0.842. The summed E-state index contributed by atoms with van der Waals surface area (Å²) in [5.74, 6) is 4.10. The highest BCUT2D eigenvalue weighted by Gasteiger charge is 2.52. The number of fused-ring (bicyclic) bond motifs is 2. The van der Waals surface area contributed by atoms with Gasteiger partial charge in [-0.3, -0.25) is 4.79 Å². The second kappa shape index (κ2) is 4.36. The van der Waals surface area contributed by atoms with Crippen LogP contribution in [0.1, 0.15) is 57.8 Å². The minimum Gasteiger partial charge on any atom is -0.462 e. The molecule has 0 radical (unpaired) electrons. The van der Waals surface area contributed by atoms with Gasteiger partial charge in [-0.25, -0.2) is 0 Å². The van der Waals surface area contributed by atoms with Crippen LogP contribution in [0.25, 0.3) is 0 Å². The standard InChI is InChI=1S/C19H26O2/c20-18(21-17-7-12-1-2-16(17)6-12)11-19-8-13-3-14(9-19)5-15(4-13)10-19/h1-2,12-17H,3-11H2. The molecule has 2 heteroatoms. The molecule has 0 N–H and O–H groups in total. The van der Waals surface area contributed by atoms with Crippen molar-refractivity contribution in [1.82, 2.24) is 0 Å². The summed E-state index contributed by atoms with van der Waals surface area (Å²) >= 11 is 0. The minimum atomic E-state index is 0.114. The van der Waals surface area contributed by atoms with Crippen LogP contribution in [-0.4, -0.2) is 12.1 Å². The van der Waals surface area contributed by atoms with E-state index in [2.05, 4.69) is 12.2 Å². The molecule has 0 aromatic rings. The smallest absolute Gasteiger partial charge is 0.306 e. The molecule has 5 fully saturated rings. The number of allylic oxidation sites excluding steroid dienone is 1. The second-order valence-corrected chi connectivity index (χ2v) is 8.90. The Morgan fingerprint density at radius 2 is 1.62 bits per heavy atom.